The Balaban J connectivity index is 1.41. The van der Waals surface area contributed by atoms with Crippen molar-refractivity contribution in [3.05, 3.63) is 119 Å². The molecule has 0 radical (unpaired) electrons. The second kappa shape index (κ2) is 16.3. The quantitative estimate of drug-likeness (QED) is 0.112. The third-order valence-corrected chi connectivity index (χ3v) is 11.7. The number of pyridine rings is 2. The first-order valence-electron chi connectivity index (χ1n) is 16.9. The van der Waals surface area contributed by atoms with Gasteiger partial charge in [0.1, 0.15) is 24.5 Å². The molecule has 3 heterocycles. The number of sulfonamides is 2. The van der Waals surface area contributed by atoms with E-state index in [0.717, 1.165) is 18.4 Å². The Morgan fingerprint density at radius 2 is 1.43 bits per heavy atom. The van der Waals surface area contributed by atoms with Gasteiger partial charge in [-0.3, -0.25) is 9.44 Å². The second-order valence-corrected chi connectivity index (χ2v) is 16.0. The van der Waals surface area contributed by atoms with Gasteiger partial charge in [-0.15, -0.1) is 0 Å². The molecule has 1 aliphatic heterocycles. The number of hydrogen-bond acceptors (Lipinski definition) is 11. The van der Waals surface area contributed by atoms with E-state index in [9.17, 15) is 26.7 Å². The molecule has 2 aromatic carbocycles. The number of aliphatic hydroxyl groups is 1. The van der Waals surface area contributed by atoms with E-state index in [0.29, 0.717) is 36.9 Å². The number of unbranched alkanes of at least 4 members (excludes halogenated alkanes) is 1. The molecular weight excluding hydrogens is 717 g/mol. The summed E-state index contributed by atoms with van der Waals surface area (Å²) in [7, 11) is -8.13. The second-order valence-electron chi connectivity index (χ2n) is 12.7. The number of rotatable bonds is 15. The number of esters is 1. The van der Waals surface area contributed by atoms with E-state index in [1.165, 1.54) is 36.7 Å². The molecule has 4 aromatic rings. The Kier molecular flexibility index (Phi) is 11.8. The molecule has 0 saturated carbocycles. The maximum Gasteiger partial charge on any atom is 0.338 e. The average molecular weight is 755 g/mol. The van der Waals surface area contributed by atoms with Gasteiger partial charge in [-0.2, -0.15) is 27.4 Å². The predicted molar refractivity (Wildman–Crippen MR) is 196 cm³/mol. The van der Waals surface area contributed by atoms with Crippen LogP contribution in [0.3, 0.4) is 0 Å². The lowest BCUT2D eigenvalue weighted by molar-refractivity contribution is -0.147. The SMILES string of the molecule is CCCCC1(CCc2cccc(NS(=O)(=O)c3ccc(C#N)cn3)c2)COC(=O)C(C(CC)c2cccc(NS(=O)(=O)c3ccc(C#N)cn3)c2)=C1O. The number of benzene rings is 2. The van der Waals surface area contributed by atoms with E-state index in [4.69, 9.17) is 15.3 Å². The summed E-state index contributed by atoms with van der Waals surface area (Å²) in [5, 5.41) is 29.6. The first-order chi connectivity index (χ1) is 25.3. The Hall–Kier alpha value is -5.77. The standard InChI is InChI=1S/C38H38N6O7S2/c1-3-5-17-38(18-16-26-8-6-10-30(19-26)43-52(47,48)33-14-12-27(21-39)23-41-33)25-51-37(46)35(36(38)45)32(4-2)29-9-7-11-31(20-29)44-53(49,50)34-15-13-28(22-40)24-42-34/h6-15,19-20,23-24,32,43-45H,3-5,16-18,25H2,1-2H3. The van der Waals surface area contributed by atoms with Crippen LogP contribution < -0.4 is 9.44 Å². The number of hydrogen-bond donors (Lipinski definition) is 3. The molecule has 53 heavy (non-hydrogen) atoms. The molecule has 0 amide bonds. The lowest BCUT2D eigenvalue weighted by Gasteiger charge is -2.39. The van der Waals surface area contributed by atoms with Crippen LogP contribution in [0.25, 0.3) is 0 Å². The third-order valence-electron chi connectivity index (χ3n) is 9.12. The summed E-state index contributed by atoms with van der Waals surface area (Å²) in [5.41, 5.74) is 1.54. The highest BCUT2D eigenvalue weighted by Crippen LogP contribution is 2.46. The number of carbonyl (C=O) groups excluding carboxylic acids is 1. The van der Waals surface area contributed by atoms with Crippen molar-refractivity contribution in [1.82, 2.24) is 9.97 Å². The Labute approximate surface area is 309 Å². The average Bonchev–Trinajstić information content (AvgIpc) is 3.16. The lowest BCUT2D eigenvalue weighted by atomic mass is 9.71. The molecule has 0 aliphatic carbocycles. The predicted octanol–water partition coefficient (Wildman–Crippen LogP) is 6.49. The van der Waals surface area contributed by atoms with Crippen LogP contribution in [0.4, 0.5) is 11.4 Å². The van der Waals surface area contributed by atoms with Gasteiger partial charge in [0.15, 0.2) is 10.1 Å². The Bertz CT molecular complexity index is 2320. The van der Waals surface area contributed by atoms with Gasteiger partial charge < -0.3 is 9.84 Å². The van der Waals surface area contributed by atoms with Crippen LogP contribution in [-0.2, 0) is 36.0 Å². The highest BCUT2D eigenvalue weighted by molar-refractivity contribution is 7.93. The molecule has 0 fully saturated rings. The molecule has 0 saturated heterocycles. The molecule has 2 atom stereocenters. The van der Waals surface area contributed by atoms with Crippen LogP contribution in [0, 0.1) is 28.1 Å². The van der Waals surface area contributed by atoms with Crippen molar-refractivity contribution < 1.29 is 31.5 Å². The molecule has 1 aliphatic rings. The highest BCUT2D eigenvalue weighted by atomic mass is 32.2. The molecule has 13 nitrogen and oxygen atoms in total. The normalized spacial score (nSPS) is 16.6. The number of cyclic esters (lactones) is 1. The Morgan fingerprint density at radius 1 is 0.849 bits per heavy atom. The van der Waals surface area contributed by atoms with Gasteiger partial charge in [0.05, 0.1) is 22.1 Å². The molecule has 2 unspecified atom stereocenters. The first kappa shape index (κ1) is 38.5. The topological polar surface area (TPSA) is 212 Å². The fourth-order valence-electron chi connectivity index (χ4n) is 6.29. The van der Waals surface area contributed by atoms with Crippen LogP contribution in [0.2, 0.25) is 0 Å². The summed E-state index contributed by atoms with van der Waals surface area (Å²) < 4.78 is 63.0. The van der Waals surface area contributed by atoms with Gasteiger partial charge in [-0.25, -0.2) is 14.8 Å². The maximum absolute atomic E-state index is 13.4. The monoisotopic (exact) mass is 754 g/mol. The highest BCUT2D eigenvalue weighted by Gasteiger charge is 2.45. The molecule has 15 heteroatoms. The summed E-state index contributed by atoms with van der Waals surface area (Å²) in [6.45, 7) is 3.85. The number of aliphatic hydroxyl groups excluding tert-OH is 1. The molecule has 0 spiro atoms. The minimum atomic E-state index is -4.10. The largest absolute Gasteiger partial charge is 0.511 e. The number of aryl methyl sites for hydroxylation is 1. The van der Waals surface area contributed by atoms with Gasteiger partial charge in [-0.05, 0) is 85.3 Å². The molecule has 5 rings (SSSR count). The number of nitrogens with zero attached hydrogens (tertiary/aromatic N) is 4. The minimum absolute atomic E-state index is 0.0360. The molecule has 274 valence electrons. The van der Waals surface area contributed by atoms with E-state index >= 15 is 0 Å². The summed E-state index contributed by atoms with van der Waals surface area (Å²) >= 11 is 0. The van der Waals surface area contributed by atoms with E-state index in [1.54, 1.807) is 42.5 Å². The fraction of sp³-hybridized carbons (Fsp3) is 0.289. The molecule has 2 aromatic heterocycles. The summed E-state index contributed by atoms with van der Waals surface area (Å²) in [4.78, 5) is 21.2. The van der Waals surface area contributed by atoms with Crippen molar-refractivity contribution in [2.24, 2.45) is 5.41 Å². The number of ether oxygens (including phenoxy) is 1. The van der Waals surface area contributed by atoms with Crippen LogP contribution in [0.15, 0.2) is 107 Å². The summed E-state index contributed by atoms with van der Waals surface area (Å²) in [6.07, 6.45) is 5.64. The van der Waals surface area contributed by atoms with Gasteiger partial charge in [-0.1, -0.05) is 51.0 Å². The lowest BCUT2D eigenvalue weighted by Crippen LogP contribution is -2.39. The van der Waals surface area contributed by atoms with Crippen molar-refractivity contribution in [2.75, 3.05) is 16.1 Å². The number of carbonyl (C=O) groups is 1. The van der Waals surface area contributed by atoms with E-state index in [1.807, 2.05) is 32.1 Å². The number of anilines is 2. The minimum Gasteiger partial charge on any atom is -0.511 e. The smallest absolute Gasteiger partial charge is 0.338 e. The first-order valence-corrected chi connectivity index (χ1v) is 19.9. The zero-order valence-electron chi connectivity index (χ0n) is 29.1. The Morgan fingerprint density at radius 3 is 1.96 bits per heavy atom. The van der Waals surface area contributed by atoms with Crippen molar-refractivity contribution in [3.8, 4) is 12.1 Å². The zero-order valence-corrected chi connectivity index (χ0v) is 30.7. The van der Waals surface area contributed by atoms with Crippen molar-refractivity contribution >= 4 is 37.4 Å². The molecule has 0 bridgehead atoms. The summed E-state index contributed by atoms with van der Waals surface area (Å²) in [5.74, 6) is -1.34. The van der Waals surface area contributed by atoms with Gasteiger partial charge >= 0.3 is 5.97 Å². The third kappa shape index (κ3) is 8.83. The van der Waals surface area contributed by atoms with Crippen LogP contribution in [0.5, 0.6) is 0 Å². The van der Waals surface area contributed by atoms with Gasteiger partial charge in [0, 0.05) is 29.7 Å². The van der Waals surface area contributed by atoms with Crippen LogP contribution in [0.1, 0.15) is 74.1 Å². The number of nitrogens with one attached hydrogen (secondary N) is 2. The van der Waals surface area contributed by atoms with Crippen molar-refractivity contribution in [2.45, 2.75) is 68.3 Å². The zero-order chi connectivity index (χ0) is 38.2. The maximum atomic E-state index is 13.4. The van der Waals surface area contributed by atoms with E-state index in [-0.39, 0.29) is 44.8 Å². The van der Waals surface area contributed by atoms with E-state index < -0.39 is 37.3 Å². The van der Waals surface area contributed by atoms with Gasteiger partial charge in [0.2, 0.25) is 0 Å². The number of aromatic nitrogens is 2. The van der Waals surface area contributed by atoms with E-state index in [2.05, 4.69) is 19.4 Å². The number of nitriles is 2. The van der Waals surface area contributed by atoms with Crippen molar-refractivity contribution in [3.63, 3.8) is 0 Å². The van der Waals surface area contributed by atoms with Crippen LogP contribution >= 0.6 is 0 Å². The van der Waals surface area contributed by atoms with Crippen LogP contribution in [-0.4, -0.2) is 44.5 Å². The van der Waals surface area contributed by atoms with Crippen molar-refractivity contribution in [1.29, 1.82) is 10.5 Å². The molecule has 3 N–H and O–H groups in total. The molecular formula is C38H38N6O7S2. The van der Waals surface area contributed by atoms with Gasteiger partial charge in [0.25, 0.3) is 20.0 Å². The summed E-state index contributed by atoms with van der Waals surface area (Å²) in [6, 6.07) is 22.4. The fourth-order valence-corrected chi connectivity index (χ4v) is 8.25.